The van der Waals surface area contributed by atoms with E-state index in [9.17, 15) is 18.4 Å². The molecule has 1 saturated heterocycles. The summed E-state index contributed by atoms with van der Waals surface area (Å²) >= 11 is 18.7. The Kier molecular flexibility index (Phi) is 8.46. The maximum Gasteiger partial charge on any atom is 0.289 e. The normalized spacial score (nSPS) is 13.8. The van der Waals surface area contributed by atoms with Gasteiger partial charge in [-0.1, -0.05) is 46.9 Å². The van der Waals surface area contributed by atoms with Crippen molar-refractivity contribution in [2.24, 2.45) is 0 Å². The Bertz CT molecular complexity index is 1620. The first-order valence-electron chi connectivity index (χ1n) is 12.3. The van der Waals surface area contributed by atoms with Crippen LogP contribution in [0.1, 0.15) is 20.8 Å². The first-order chi connectivity index (χ1) is 19.7. The average molecular weight is 621 g/mol. The summed E-state index contributed by atoms with van der Waals surface area (Å²) in [6.07, 6.45) is 0. The van der Waals surface area contributed by atoms with Crippen molar-refractivity contribution < 1.29 is 23.1 Å². The summed E-state index contributed by atoms with van der Waals surface area (Å²) in [5.41, 5.74) is 4.20. The number of hydrogen-bond acceptors (Lipinski definition) is 5. The highest BCUT2D eigenvalue weighted by atomic mass is 35.5. The number of carbonyl (C=O) groups is 2. The summed E-state index contributed by atoms with van der Waals surface area (Å²) in [7, 11) is 1.43. The molecule has 13 heteroatoms. The number of ether oxygens (including phenoxy) is 1. The van der Waals surface area contributed by atoms with Gasteiger partial charge in [-0.15, -0.1) is 0 Å². The molecule has 3 aromatic carbocycles. The van der Waals surface area contributed by atoms with E-state index in [1.807, 2.05) is 0 Å². The summed E-state index contributed by atoms with van der Waals surface area (Å²) in [5.74, 6) is -2.59. The third kappa shape index (κ3) is 6.01. The molecule has 1 aromatic heterocycles. The zero-order valence-corrected chi connectivity index (χ0v) is 23.8. The van der Waals surface area contributed by atoms with E-state index in [1.165, 1.54) is 16.7 Å². The first-order valence-corrected chi connectivity index (χ1v) is 13.5. The molecule has 2 amide bonds. The van der Waals surface area contributed by atoms with Crippen molar-refractivity contribution in [1.29, 1.82) is 0 Å². The highest BCUT2D eigenvalue weighted by Crippen LogP contribution is 2.38. The van der Waals surface area contributed by atoms with E-state index in [1.54, 1.807) is 47.5 Å². The lowest BCUT2D eigenvalue weighted by Gasteiger charge is -2.34. The van der Waals surface area contributed by atoms with Crippen molar-refractivity contribution in [3.8, 4) is 22.7 Å². The van der Waals surface area contributed by atoms with Crippen LogP contribution < -0.4 is 10.2 Å². The summed E-state index contributed by atoms with van der Waals surface area (Å²) in [6.45, 7) is 0.933. The molecule has 212 valence electrons. The Morgan fingerprint density at radius 3 is 2.22 bits per heavy atom. The van der Waals surface area contributed by atoms with Crippen molar-refractivity contribution in [3.63, 3.8) is 0 Å². The van der Waals surface area contributed by atoms with Gasteiger partial charge in [-0.25, -0.2) is 18.5 Å². The van der Waals surface area contributed by atoms with Crippen molar-refractivity contribution in [2.75, 3.05) is 33.3 Å². The van der Waals surface area contributed by atoms with E-state index in [4.69, 9.17) is 39.5 Å². The second-order valence-electron chi connectivity index (χ2n) is 9.09. The molecule has 1 aliphatic heterocycles. The van der Waals surface area contributed by atoms with Crippen LogP contribution in [0.25, 0.3) is 16.9 Å². The molecular formula is C28H22Cl3F2N5O3. The van der Waals surface area contributed by atoms with Gasteiger partial charge in [0.2, 0.25) is 0 Å². The van der Waals surface area contributed by atoms with Crippen LogP contribution in [0.15, 0.2) is 60.7 Å². The van der Waals surface area contributed by atoms with E-state index in [2.05, 4.69) is 10.5 Å². The van der Waals surface area contributed by atoms with Crippen molar-refractivity contribution in [1.82, 2.24) is 25.1 Å². The lowest BCUT2D eigenvalue weighted by atomic mass is 10.1. The number of hydrazine groups is 1. The van der Waals surface area contributed by atoms with Gasteiger partial charge in [0, 0.05) is 47.9 Å². The summed E-state index contributed by atoms with van der Waals surface area (Å²) in [6, 6.07) is 14.7. The van der Waals surface area contributed by atoms with E-state index in [0.29, 0.717) is 38.1 Å². The SMILES string of the molecule is COc1c(C(=O)NN2CCN(C(=O)c3ccc(F)cc3F)CC2)nn(-c2ccc(Cl)cc2Cl)c1-c1ccc(Cl)cc1. The molecule has 5 rings (SSSR count). The van der Waals surface area contributed by atoms with E-state index in [0.717, 1.165) is 12.1 Å². The minimum Gasteiger partial charge on any atom is -0.492 e. The van der Waals surface area contributed by atoms with E-state index >= 15 is 0 Å². The smallest absolute Gasteiger partial charge is 0.289 e. The van der Waals surface area contributed by atoms with E-state index < -0.39 is 23.4 Å². The number of carbonyl (C=O) groups excluding carboxylic acids is 2. The molecule has 0 unspecified atom stereocenters. The fraction of sp³-hybridized carbons (Fsp3) is 0.179. The third-order valence-electron chi connectivity index (χ3n) is 6.50. The number of methoxy groups -OCH3 is 1. The monoisotopic (exact) mass is 619 g/mol. The molecule has 4 aromatic rings. The fourth-order valence-electron chi connectivity index (χ4n) is 4.49. The summed E-state index contributed by atoms with van der Waals surface area (Å²) < 4.78 is 34.5. The summed E-state index contributed by atoms with van der Waals surface area (Å²) in [4.78, 5) is 27.7. The molecule has 41 heavy (non-hydrogen) atoms. The van der Waals surface area contributed by atoms with Gasteiger partial charge in [-0.3, -0.25) is 15.0 Å². The lowest BCUT2D eigenvalue weighted by Crippen LogP contribution is -2.55. The highest BCUT2D eigenvalue weighted by molar-refractivity contribution is 6.35. The molecule has 0 saturated carbocycles. The minimum atomic E-state index is -0.925. The zero-order valence-electron chi connectivity index (χ0n) is 21.5. The number of halogens is 5. The maximum atomic E-state index is 14.1. The van der Waals surface area contributed by atoms with Crippen LogP contribution in [0, 0.1) is 11.6 Å². The Hall–Kier alpha value is -3.70. The number of aromatic nitrogens is 2. The van der Waals surface area contributed by atoms with Gasteiger partial charge in [0.25, 0.3) is 11.8 Å². The Labute approximate surface area is 248 Å². The van der Waals surface area contributed by atoms with Crippen molar-refractivity contribution in [2.45, 2.75) is 0 Å². The second kappa shape index (κ2) is 12.0. The molecule has 0 bridgehead atoms. The molecule has 2 heterocycles. The number of hydrogen-bond donors (Lipinski definition) is 1. The van der Waals surface area contributed by atoms with Crippen LogP contribution in [0.2, 0.25) is 15.1 Å². The number of nitrogens with zero attached hydrogens (tertiary/aromatic N) is 4. The van der Waals surface area contributed by atoms with Gasteiger partial charge in [0.1, 0.15) is 17.3 Å². The lowest BCUT2D eigenvalue weighted by molar-refractivity contribution is 0.0499. The van der Waals surface area contributed by atoms with Gasteiger partial charge in [0.15, 0.2) is 11.4 Å². The molecule has 1 aliphatic rings. The molecule has 0 aliphatic carbocycles. The number of benzene rings is 3. The first kappa shape index (κ1) is 28.8. The molecule has 1 N–H and O–H groups in total. The Morgan fingerprint density at radius 1 is 0.902 bits per heavy atom. The van der Waals surface area contributed by atoms with Gasteiger partial charge in [0.05, 0.1) is 23.4 Å². The fourth-order valence-corrected chi connectivity index (χ4v) is 5.10. The summed E-state index contributed by atoms with van der Waals surface area (Å²) in [5, 5.41) is 7.46. The third-order valence-corrected chi connectivity index (χ3v) is 7.29. The van der Waals surface area contributed by atoms with Crippen LogP contribution in [0.5, 0.6) is 5.75 Å². The molecule has 0 radical (unpaired) electrons. The van der Waals surface area contributed by atoms with Gasteiger partial charge in [-0.2, -0.15) is 5.10 Å². The molecule has 0 atom stereocenters. The van der Waals surface area contributed by atoms with Crippen molar-refractivity contribution >= 4 is 46.6 Å². The molecule has 1 fully saturated rings. The van der Waals surface area contributed by atoms with Crippen LogP contribution in [0.3, 0.4) is 0 Å². The van der Waals surface area contributed by atoms with Gasteiger partial charge in [-0.05, 0) is 42.5 Å². The average Bonchev–Trinajstić information content (AvgIpc) is 3.33. The maximum absolute atomic E-state index is 14.1. The standard InChI is InChI=1S/C28H22Cl3F2N5O3/c1-41-26-24(27(39)35-37-12-10-36(11-13-37)28(40)20-8-7-19(32)15-22(20)33)34-38(23-9-6-18(30)14-21(23)31)25(26)16-2-4-17(29)5-3-16/h2-9,14-15H,10-13H2,1H3,(H,35,39). The van der Waals surface area contributed by atoms with Gasteiger partial charge < -0.3 is 9.64 Å². The quantitative estimate of drug-likeness (QED) is 0.291. The zero-order chi connectivity index (χ0) is 29.3. The minimum absolute atomic E-state index is 0.00430. The largest absolute Gasteiger partial charge is 0.492 e. The van der Waals surface area contributed by atoms with Crippen molar-refractivity contribution in [3.05, 3.63) is 98.6 Å². The van der Waals surface area contributed by atoms with Crippen LogP contribution >= 0.6 is 34.8 Å². The molecule has 8 nitrogen and oxygen atoms in total. The predicted octanol–water partition coefficient (Wildman–Crippen LogP) is 5.89. The molecular weight excluding hydrogens is 599 g/mol. The topological polar surface area (TPSA) is 79.7 Å². The van der Waals surface area contributed by atoms with E-state index in [-0.39, 0.29) is 43.2 Å². The predicted molar refractivity (Wildman–Crippen MR) is 152 cm³/mol. The Morgan fingerprint density at radius 2 is 1.59 bits per heavy atom. The number of piperazine rings is 1. The highest BCUT2D eigenvalue weighted by Gasteiger charge is 2.30. The number of amides is 2. The molecule has 0 spiro atoms. The number of nitrogens with one attached hydrogen (secondary N) is 1. The van der Waals surface area contributed by atoms with Crippen LogP contribution in [0.4, 0.5) is 8.78 Å². The number of rotatable bonds is 6. The second-order valence-corrected chi connectivity index (χ2v) is 10.4. The Balaban J connectivity index is 1.39. The van der Waals surface area contributed by atoms with Gasteiger partial charge >= 0.3 is 0 Å². The van der Waals surface area contributed by atoms with Crippen LogP contribution in [-0.4, -0.2) is 64.8 Å². The van der Waals surface area contributed by atoms with Crippen LogP contribution in [-0.2, 0) is 0 Å².